The number of aromatic nitrogens is 4. The molecule has 0 spiro atoms. The first-order valence-corrected chi connectivity index (χ1v) is 16.2. The van der Waals surface area contributed by atoms with Crippen LogP contribution < -0.4 is 10.5 Å². The fraction of sp³-hybridized carbons (Fsp3) is 0.343. The Bertz CT molecular complexity index is 2040. The third kappa shape index (κ3) is 6.82. The topological polar surface area (TPSA) is 149 Å². The van der Waals surface area contributed by atoms with Crippen molar-refractivity contribution in [1.29, 1.82) is 5.26 Å². The molecule has 3 aromatic heterocycles. The summed E-state index contributed by atoms with van der Waals surface area (Å²) >= 11 is 6.83. The average Bonchev–Trinajstić information content (AvgIpc) is 3.07. The van der Waals surface area contributed by atoms with Gasteiger partial charge >= 0.3 is 6.09 Å². The number of piperazine rings is 1. The molecule has 0 atom stereocenters. The second-order valence-electron chi connectivity index (χ2n) is 12.3. The predicted octanol–water partition coefficient (Wildman–Crippen LogP) is 5.57. The van der Waals surface area contributed by atoms with E-state index in [4.69, 9.17) is 21.7 Å². The molecule has 1 fully saturated rings. The van der Waals surface area contributed by atoms with Crippen LogP contribution in [0.15, 0.2) is 53.6 Å². The number of fused-ring (bicyclic) bond motifs is 1. The minimum absolute atomic E-state index is 0.0565. The van der Waals surface area contributed by atoms with E-state index in [9.17, 15) is 19.6 Å². The number of hydrogen-bond acceptors (Lipinski definition) is 8. The second kappa shape index (κ2) is 14.4. The van der Waals surface area contributed by atoms with E-state index >= 15 is 4.39 Å². The number of likely N-dealkylation sites (N-methyl/N-ethyl adjacent to an activating group) is 1. The maximum atomic E-state index is 15.1. The number of pyridine rings is 2. The SMILES string of the molecule is CC(C)c1ncnc(C(C)C)c1-n1c(=O)c(C#N)c(N2CCN(C(=O)/C=C/CN(C)C(=O)O)CC2)c2cc(Cl)c(-c3ccccc3F)nc21. The first-order valence-electron chi connectivity index (χ1n) is 15.8. The highest BCUT2D eigenvalue weighted by Gasteiger charge is 2.30. The largest absolute Gasteiger partial charge is 0.465 e. The van der Waals surface area contributed by atoms with Gasteiger partial charge in [-0.2, -0.15) is 5.26 Å². The van der Waals surface area contributed by atoms with Gasteiger partial charge in [-0.25, -0.2) is 24.1 Å². The molecule has 0 saturated carbocycles. The summed E-state index contributed by atoms with van der Waals surface area (Å²) in [6.45, 7) is 8.91. The summed E-state index contributed by atoms with van der Waals surface area (Å²) < 4.78 is 16.5. The normalized spacial score (nSPS) is 13.5. The van der Waals surface area contributed by atoms with Crippen LogP contribution in [-0.2, 0) is 4.79 Å². The minimum Gasteiger partial charge on any atom is -0.465 e. The highest BCUT2D eigenvalue weighted by molar-refractivity contribution is 6.34. The number of benzene rings is 1. The van der Waals surface area contributed by atoms with Gasteiger partial charge in [0.25, 0.3) is 5.56 Å². The lowest BCUT2D eigenvalue weighted by Crippen LogP contribution is -2.49. The Balaban J connectivity index is 1.71. The van der Waals surface area contributed by atoms with Crippen molar-refractivity contribution >= 4 is 40.3 Å². The molecule has 0 bridgehead atoms. The maximum absolute atomic E-state index is 15.1. The fourth-order valence-electron chi connectivity index (χ4n) is 5.87. The number of carboxylic acid groups (broad SMARTS) is 1. The van der Waals surface area contributed by atoms with Gasteiger partial charge in [-0.3, -0.25) is 14.2 Å². The van der Waals surface area contributed by atoms with E-state index < -0.39 is 17.5 Å². The highest BCUT2D eigenvalue weighted by Crippen LogP contribution is 2.38. The van der Waals surface area contributed by atoms with E-state index in [1.165, 1.54) is 36.2 Å². The van der Waals surface area contributed by atoms with E-state index in [0.717, 1.165) is 4.90 Å². The Kier molecular flexibility index (Phi) is 10.3. The molecule has 1 aliphatic heterocycles. The van der Waals surface area contributed by atoms with E-state index in [-0.39, 0.29) is 78.0 Å². The number of hydrogen-bond donors (Lipinski definition) is 1. The van der Waals surface area contributed by atoms with Gasteiger partial charge in [-0.05, 0) is 30.0 Å². The first kappa shape index (κ1) is 35.0. The maximum Gasteiger partial charge on any atom is 0.407 e. The Morgan fingerprint density at radius 3 is 2.29 bits per heavy atom. The van der Waals surface area contributed by atoms with Gasteiger partial charge in [0.2, 0.25) is 5.91 Å². The standard InChI is InChI=1S/C35H36ClFN8O4/c1-20(2)28-32(29(21(3)4)40-19-39-28)45-33-23(17-25(36)30(41-33)22-9-6-7-10-26(22)37)31(24(18-38)34(45)47)44-15-13-43(14-16-44)27(46)11-8-12-42(5)35(48)49/h6-11,17,19-21H,12-16H2,1-5H3,(H,48,49)/b11-8+. The number of amides is 2. The van der Waals surface area contributed by atoms with Gasteiger partial charge in [0.1, 0.15) is 29.4 Å². The lowest BCUT2D eigenvalue weighted by molar-refractivity contribution is -0.126. The number of halogens is 2. The average molecular weight is 687 g/mol. The van der Waals surface area contributed by atoms with E-state index in [1.54, 1.807) is 29.2 Å². The summed E-state index contributed by atoms with van der Waals surface area (Å²) in [6.07, 6.45) is 3.16. The van der Waals surface area contributed by atoms with Crippen molar-refractivity contribution in [3.63, 3.8) is 0 Å². The van der Waals surface area contributed by atoms with Gasteiger partial charge in [-0.1, -0.05) is 57.5 Å². The molecule has 1 saturated heterocycles. The summed E-state index contributed by atoms with van der Waals surface area (Å²) in [5.41, 5.74) is 1.53. The summed E-state index contributed by atoms with van der Waals surface area (Å²) in [6, 6.07) is 9.80. The molecule has 1 aliphatic rings. The molecule has 5 rings (SSSR count). The molecule has 254 valence electrons. The van der Waals surface area contributed by atoms with E-state index in [2.05, 4.69) is 16.0 Å². The van der Waals surface area contributed by atoms with Crippen LogP contribution >= 0.6 is 11.6 Å². The number of carbonyl (C=O) groups excluding carboxylic acids is 1. The van der Waals surface area contributed by atoms with Crippen LogP contribution in [0, 0.1) is 17.1 Å². The first-order chi connectivity index (χ1) is 23.3. The molecule has 0 aliphatic carbocycles. The van der Waals surface area contributed by atoms with Crippen molar-refractivity contribution in [2.45, 2.75) is 39.5 Å². The van der Waals surface area contributed by atoms with Crippen LogP contribution in [0.25, 0.3) is 28.0 Å². The Morgan fingerprint density at radius 1 is 1.08 bits per heavy atom. The minimum atomic E-state index is -1.11. The Morgan fingerprint density at radius 2 is 1.71 bits per heavy atom. The molecule has 1 aromatic carbocycles. The summed E-state index contributed by atoms with van der Waals surface area (Å²) in [5.74, 6) is -1.10. The number of nitriles is 1. The molecule has 49 heavy (non-hydrogen) atoms. The van der Waals surface area contributed by atoms with Crippen LogP contribution in [0.5, 0.6) is 0 Å². The molecule has 0 radical (unpaired) electrons. The van der Waals surface area contributed by atoms with Crippen molar-refractivity contribution in [3.8, 4) is 23.0 Å². The van der Waals surface area contributed by atoms with Crippen molar-refractivity contribution in [2.24, 2.45) is 0 Å². The molecule has 4 aromatic rings. The van der Waals surface area contributed by atoms with E-state index in [0.29, 0.717) is 28.1 Å². The number of rotatable bonds is 8. The van der Waals surface area contributed by atoms with Crippen molar-refractivity contribution in [2.75, 3.05) is 44.7 Å². The summed E-state index contributed by atoms with van der Waals surface area (Å²) in [4.78, 5) is 57.0. The molecular weight excluding hydrogens is 651 g/mol. The molecule has 4 heterocycles. The van der Waals surface area contributed by atoms with Gasteiger partial charge in [0.15, 0.2) is 0 Å². The highest BCUT2D eigenvalue weighted by atomic mass is 35.5. The van der Waals surface area contributed by atoms with Gasteiger partial charge in [0.05, 0.1) is 33.5 Å². The predicted molar refractivity (Wildman–Crippen MR) is 185 cm³/mol. The quantitative estimate of drug-likeness (QED) is 0.235. The van der Waals surface area contributed by atoms with Crippen molar-refractivity contribution < 1.29 is 19.1 Å². The number of nitrogens with zero attached hydrogens (tertiary/aromatic N) is 8. The molecular formula is C35H36ClFN8O4. The molecule has 2 amide bonds. The lowest BCUT2D eigenvalue weighted by Gasteiger charge is -2.36. The van der Waals surface area contributed by atoms with Crippen molar-refractivity contribution in [1.82, 2.24) is 29.3 Å². The monoisotopic (exact) mass is 686 g/mol. The van der Waals surface area contributed by atoms with Crippen LogP contribution in [-0.4, -0.2) is 86.2 Å². The number of anilines is 1. The van der Waals surface area contributed by atoms with Gasteiger partial charge in [0, 0.05) is 56.8 Å². The van der Waals surface area contributed by atoms with Crippen LogP contribution in [0.3, 0.4) is 0 Å². The molecule has 12 nitrogen and oxygen atoms in total. The zero-order valence-electron chi connectivity index (χ0n) is 27.8. The molecule has 1 N–H and O–H groups in total. The summed E-state index contributed by atoms with van der Waals surface area (Å²) in [7, 11) is 1.40. The zero-order chi connectivity index (χ0) is 35.6. The van der Waals surface area contributed by atoms with Crippen LogP contribution in [0.1, 0.15) is 56.5 Å². The second-order valence-corrected chi connectivity index (χ2v) is 12.7. The van der Waals surface area contributed by atoms with Crippen LogP contribution in [0.2, 0.25) is 5.02 Å². The fourth-order valence-corrected chi connectivity index (χ4v) is 6.13. The third-order valence-corrected chi connectivity index (χ3v) is 8.68. The van der Waals surface area contributed by atoms with Gasteiger partial charge in [-0.15, -0.1) is 0 Å². The van der Waals surface area contributed by atoms with E-state index in [1.807, 2.05) is 32.6 Å². The molecule has 0 unspecified atom stereocenters. The zero-order valence-corrected chi connectivity index (χ0v) is 28.6. The smallest absolute Gasteiger partial charge is 0.407 e. The summed E-state index contributed by atoms with van der Waals surface area (Å²) in [5, 5.41) is 20.1. The Labute approximate surface area is 287 Å². The lowest BCUT2D eigenvalue weighted by atomic mass is 10.00. The van der Waals surface area contributed by atoms with Crippen LogP contribution in [0.4, 0.5) is 14.9 Å². The molecule has 14 heteroatoms. The third-order valence-electron chi connectivity index (χ3n) is 8.39. The number of carbonyl (C=O) groups is 2. The Hall–Kier alpha value is -5.35. The van der Waals surface area contributed by atoms with Crippen molar-refractivity contribution in [3.05, 3.63) is 87.0 Å². The van der Waals surface area contributed by atoms with Gasteiger partial charge < -0.3 is 19.8 Å².